The maximum Gasteiger partial charge on any atom is 0.255 e. The highest BCUT2D eigenvalue weighted by molar-refractivity contribution is 6.31. The Morgan fingerprint density at radius 2 is 1.87 bits per heavy atom. The Hall–Kier alpha value is -2.04. The van der Waals surface area contributed by atoms with Gasteiger partial charge in [0.15, 0.2) is 0 Å². The SMILES string of the molecule is COc1ccc(Cl)cc1C(=O)NCc1ccccc1C[NH+](C)C. The number of carbonyl (C=O) groups excluding carboxylic acids is 1. The van der Waals surface area contributed by atoms with Gasteiger partial charge in [0.2, 0.25) is 0 Å². The first kappa shape index (κ1) is 17.3. The molecule has 0 bridgehead atoms. The molecule has 0 spiro atoms. The minimum atomic E-state index is -0.198. The summed E-state index contributed by atoms with van der Waals surface area (Å²) in [6.07, 6.45) is 0. The van der Waals surface area contributed by atoms with Crippen LogP contribution in [-0.4, -0.2) is 27.1 Å². The van der Waals surface area contributed by atoms with Crippen LogP contribution in [0.15, 0.2) is 42.5 Å². The molecule has 2 rings (SSSR count). The van der Waals surface area contributed by atoms with Crippen molar-refractivity contribution in [3.8, 4) is 5.75 Å². The van der Waals surface area contributed by atoms with Crippen LogP contribution >= 0.6 is 11.6 Å². The Labute approximate surface area is 142 Å². The summed E-state index contributed by atoms with van der Waals surface area (Å²) in [6, 6.07) is 13.1. The standard InChI is InChI=1S/C18H21ClN2O2/c1-21(2)12-14-7-5-4-6-13(14)11-20-18(22)16-10-15(19)8-9-17(16)23-3/h4-10H,11-12H2,1-3H3,(H,20,22)/p+1. The molecule has 0 fully saturated rings. The normalized spacial score (nSPS) is 10.7. The van der Waals surface area contributed by atoms with Crippen LogP contribution in [0.2, 0.25) is 5.02 Å². The van der Waals surface area contributed by atoms with Crippen LogP contribution in [0.4, 0.5) is 0 Å². The van der Waals surface area contributed by atoms with E-state index < -0.39 is 0 Å². The molecule has 4 nitrogen and oxygen atoms in total. The van der Waals surface area contributed by atoms with Gasteiger partial charge in [-0.3, -0.25) is 4.79 Å². The molecule has 1 amide bonds. The Morgan fingerprint density at radius 3 is 2.52 bits per heavy atom. The molecule has 0 heterocycles. The van der Waals surface area contributed by atoms with Crippen LogP contribution in [0.5, 0.6) is 5.75 Å². The Balaban J connectivity index is 2.12. The lowest BCUT2D eigenvalue weighted by molar-refractivity contribution is -0.872. The summed E-state index contributed by atoms with van der Waals surface area (Å²) < 4.78 is 5.23. The first-order valence-electron chi connectivity index (χ1n) is 7.49. The van der Waals surface area contributed by atoms with Crippen molar-refractivity contribution in [2.24, 2.45) is 0 Å². The van der Waals surface area contributed by atoms with Gasteiger partial charge in [-0.05, 0) is 23.8 Å². The van der Waals surface area contributed by atoms with E-state index in [0.29, 0.717) is 22.9 Å². The van der Waals surface area contributed by atoms with Crippen molar-refractivity contribution in [2.75, 3.05) is 21.2 Å². The molecular formula is C18H22ClN2O2+. The van der Waals surface area contributed by atoms with E-state index in [0.717, 1.165) is 12.1 Å². The summed E-state index contributed by atoms with van der Waals surface area (Å²) in [5.74, 6) is 0.314. The third kappa shape index (κ3) is 4.71. The number of ether oxygens (including phenoxy) is 1. The number of quaternary nitrogens is 1. The average molecular weight is 334 g/mol. The zero-order valence-corrected chi connectivity index (χ0v) is 14.4. The van der Waals surface area contributed by atoms with Crippen molar-refractivity contribution in [1.82, 2.24) is 5.32 Å². The summed E-state index contributed by atoms with van der Waals surface area (Å²) in [7, 11) is 5.74. The summed E-state index contributed by atoms with van der Waals surface area (Å²) >= 11 is 5.98. The topological polar surface area (TPSA) is 42.8 Å². The summed E-state index contributed by atoms with van der Waals surface area (Å²) in [5, 5.41) is 3.45. The summed E-state index contributed by atoms with van der Waals surface area (Å²) in [4.78, 5) is 13.8. The second-order valence-electron chi connectivity index (χ2n) is 5.68. The predicted molar refractivity (Wildman–Crippen MR) is 92.1 cm³/mol. The van der Waals surface area contributed by atoms with Crippen LogP contribution in [0.3, 0.4) is 0 Å². The van der Waals surface area contributed by atoms with E-state index in [-0.39, 0.29) is 5.91 Å². The van der Waals surface area contributed by atoms with Gasteiger partial charge >= 0.3 is 0 Å². The van der Waals surface area contributed by atoms with Crippen molar-refractivity contribution in [3.05, 3.63) is 64.2 Å². The van der Waals surface area contributed by atoms with Crippen LogP contribution in [0.25, 0.3) is 0 Å². The molecule has 0 saturated carbocycles. The number of nitrogens with one attached hydrogen (secondary N) is 2. The molecule has 0 aliphatic heterocycles. The zero-order chi connectivity index (χ0) is 16.8. The van der Waals surface area contributed by atoms with Crippen molar-refractivity contribution < 1.29 is 14.4 Å². The Kier molecular flexibility index (Phi) is 6.02. The summed E-state index contributed by atoms with van der Waals surface area (Å²) in [5.41, 5.74) is 2.78. The maximum atomic E-state index is 12.4. The number of halogens is 1. The molecule has 23 heavy (non-hydrogen) atoms. The highest BCUT2D eigenvalue weighted by atomic mass is 35.5. The van der Waals surface area contributed by atoms with Gasteiger partial charge in [0.1, 0.15) is 12.3 Å². The number of hydrogen-bond acceptors (Lipinski definition) is 2. The number of hydrogen-bond donors (Lipinski definition) is 2. The monoisotopic (exact) mass is 333 g/mol. The van der Waals surface area contributed by atoms with E-state index >= 15 is 0 Å². The first-order chi connectivity index (χ1) is 11.0. The lowest BCUT2D eigenvalue weighted by Gasteiger charge is -2.14. The largest absolute Gasteiger partial charge is 0.496 e. The summed E-state index contributed by atoms with van der Waals surface area (Å²) in [6.45, 7) is 1.38. The van der Waals surface area contributed by atoms with Gasteiger partial charge in [0.05, 0.1) is 26.8 Å². The average Bonchev–Trinajstić information content (AvgIpc) is 2.53. The zero-order valence-electron chi connectivity index (χ0n) is 13.7. The van der Waals surface area contributed by atoms with Gasteiger partial charge in [0, 0.05) is 17.1 Å². The van der Waals surface area contributed by atoms with Crippen LogP contribution < -0.4 is 15.0 Å². The van der Waals surface area contributed by atoms with E-state index in [1.54, 1.807) is 18.2 Å². The second kappa shape index (κ2) is 7.99. The van der Waals surface area contributed by atoms with Crippen LogP contribution in [0.1, 0.15) is 21.5 Å². The van der Waals surface area contributed by atoms with Gasteiger partial charge < -0.3 is 15.0 Å². The highest BCUT2D eigenvalue weighted by Crippen LogP contribution is 2.22. The fraction of sp³-hybridized carbons (Fsp3) is 0.278. The van der Waals surface area contributed by atoms with Gasteiger partial charge in [0.25, 0.3) is 5.91 Å². The van der Waals surface area contributed by atoms with Crippen LogP contribution in [-0.2, 0) is 13.1 Å². The second-order valence-corrected chi connectivity index (χ2v) is 6.12. The fourth-order valence-electron chi connectivity index (χ4n) is 2.41. The number of carbonyl (C=O) groups is 1. The molecule has 0 aliphatic carbocycles. The molecule has 2 aromatic carbocycles. The smallest absolute Gasteiger partial charge is 0.255 e. The van der Waals surface area contributed by atoms with Gasteiger partial charge in [-0.1, -0.05) is 35.9 Å². The lowest BCUT2D eigenvalue weighted by Crippen LogP contribution is -3.04. The van der Waals surface area contributed by atoms with E-state index in [1.807, 2.05) is 18.2 Å². The van der Waals surface area contributed by atoms with Gasteiger partial charge in [-0.15, -0.1) is 0 Å². The Bertz CT molecular complexity index is 686. The first-order valence-corrected chi connectivity index (χ1v) is 7.86. The van der Waals surface area contributed by atoms with Crippen molar-refractivity contribution >= 4 is 17.5 Å². The van der Waals surface area contributed by atoms with Crippen molar-refractivity contribution in [2.45, 2.75) is 13.1 Å². The van der Waals surface area contributed by atoms with Gasteiger partial charge in [-0.2, -0.15) is 0 Å². The maximum absolute atomic E-state index is 12.4. The number of methoxy groups -OCH3 is 1. The van der Waals surface area contributed by atoms with Gasteiger partial charge in [-0.25, -0.2) is 0 Å². The molecule has 0 aromatic heterocycles. The molecule has 0 radical (unpaired) electrons. The quantitative estimate of drug-likeness (QED) is 0.848. The predicted octanol–water partition coefficient (Wildman–Crippen LogP) is 1.92. The minimum absolute atomic E-state index is 0.198. The molecule has 122 valence electrons. The van der Waals surface area contributed by atoms with E-state index in [1.165, 1.54) is 17.6 Å². The molecule has 2 aromatic rings. The molecule has 0 aliphatic rings. The third-order valence-electron chi connectivity index (χ3n) is 3.51. The number of rotatable bonds is 6. The molecule has 2 N–H and O–H groups in total. The van der Waals surface area contributed by atoms with Crippen molar-refractivity contribution in [1.29, 1.82) is 0 Å². The molecular weight excluding hydrogens is 312 g/mol. The fourth-order valence-corrected chi connectivity index (χ4v) is 2.58. The lowest BCUT2D eigenvalue weighted by atomic mass is 10.1. The van der Waals surface area contributed by atoms with E-state index in [2.05, 4.69) is 25.5 Å². The molecule has 5 heteroatoms. The molecule has 0 saturated heterocycles. The molecule has 0 unspecified atom stereocenters. The van der Waals surface area contributed by atoms with Crippen LogP contribution in [0, 0.1) is 0 Å². The van der Waals surface area contributed by atoms with E-state index in [9.17, 15) is 4.79 Å². The Morgan fingerprint density at radius 1 is 1.17 bits per heavy atom. The van der Waals surface area contributed by atoms with Crippen molar-refractivity contribution in [3.63, 3.8) is 0 Å². The molecule has 0 atom stereocenters. The number of benzene rings is 2. The third-order valence-corrected chi connectivity index (χ3v) is 3.74. The highest BCUT2D eigenvalue weighted by Gasteiger charge is 2.13. The minimum Gasteiger partial charge on any atom is -0.496 e. The van der Waals surface area contributed by atoms with E-state index in [4.69, 9.17) is 16.3 Å². The number of amides is 1.